The first-order chi connectivity index (χ1) is 9.75. The number of rotatable bonds is 3. The van der Waals surface area contributed by atoms with E-state index in [-0.39, 0.29) is 23.8 Å². The molecule has 1 heterocycles. The highest BCUT2D eigenvalue weighted by molar-refractivity contribution is 5.90. The van der Waals surface area contributed by atoms with Crippen LogP contribution in [-0.4, -0.2) is 35.1 Å². The fraction of sp³-hybridized carbons (Fsp3) is 0.500. The summed E-state index contributed by atoms with van der Waals surface area (Å²) >= 11 is 0. The first-order valence-corrected chi connectivity index (χ1v) is 7.14. The number of benzene rings is 1. The van der Waals surface area contributed by atoms with Crippen molar-refractivity contribution in [2.75, 3.05) is 18.4 Å². The number of nitrogens with one attached hydrogen (secondary N) is 1. The van der Waals surface area contributed by atoms with Crippen molar-refractivity contribution < 1.29 is 14.7 Å². The van der Waals surface area contributed by atoms with Gasteiger partial charge < -0.3 is 15.3 Å². The van der Waals surface area contributed by atoms with Crippen LogP contribution in [0.5, 0.6) is 0 Å². The zero-order chi connectivity index (χ0) is 15.6. The third kappa shape index (κ3) is 3.97. The summed E-state index contributed by atoms with van der Waals surface area (Å²) in [6.45, 7) is 7.45. The summed E-state index contributed by atoms with van der Waals surface area (Å²) in [5.74, 6) is -0.727. The van der Waals surface area contributed by atoms with E-state index >= 15 is 0 Å². The van der Waals surface area contributed by atoms with Crippen molar-refractivity contribution in [2.45, 2.75) is 32.6 Å². The van der Waals surface area contributed by atoms with Gasteiger partial charge in [0, 0.05) is 24.7 Å². The van der Waals surface area contributed by atoms with Crippen LogP contribution in [0.25, 0.3) is 0 Å². The Bertz CT molecular complexity index is 525. The molecule has 0 aliphatic carbocycles. The molecule has 2 rings (SSSR count). The summed E-state index contributed by atoms with van der Waals surface area (Å²) < 4.78 is 0. The van der Waals surface area contributed by atoms with Gasteiger partial charge >= 0.3 is 12.0 Å². The summed E-state index contributed by atoms with van der Waals surface area (Å²) in [6, 6.07) is 7.65. The zero-order valence-electron chi connectivity index (χ0n) is 12.7. The molecule has 1 aromatic rings. The van der Waals surface area contributed by atoms with E-state index in [2.05, 4.69) is 26.1 Å². The lowest BCUT2D eigenvalue weighted by atomic mass is 9.87. The molecule has 1 saturated heterocycles. The van der Waals surface area contributed by atoms with Gasteiger partial charge in [0.15, 0.2) is 0 Å². The molecule has 21 heavy (non-hydrogen) atoms. The second-order valence-corrected chi connectivity index (χ2v) is 6.63. The van der Waals surface area contributed by atoms with Crippen molar-refractivity contribution in [3.63, 3.8) is 0 Å². The number of urea groups is 1. The number of carbonyl (C=O) groups excluding carboxylic acids is 1. The van der Waals surface area contributed by atoms with Crippen molar-refractivity contribution in [1.29, 1.82) is 0 Å². The maximum atomic E-state index is 12.0. The maximum Gasteiger partial charge on any atom is 0.321 e. The highest BCUT2D eigenvalue weighted by atomic mass is 16.4. The highest BCUT2D eigenvalue weighted by Crippen LogP contribution is 2.24. The van der Waals surface area contributed by atoms with Crippen molar-refractivity contribution in [1.82, 2.24) is 4.90 Å². The van der Waals surface area contributed by atoms with Crippen molar-refractivity contribution in [3.8, 4) is 0 Å². The summed E-state index contributed by atoms with van der Waals surface area (Å²) in [6.07, 6.45) is 0.129. The Hall–Kier alpha value is -2.04. The van der Waals surface area contributed by atoms with Crippen LogP contribution in [0.2, 0.25) is 0 Å². The molecule has 0 bridgehead atoms. The first-order valence-electron chi connectivity index (χ1n) is 7.14. The standard InChI is InChI=1S/C16H22N2O3/c1-16(2,3)12-4-6-13(7-5-12)17-15(21)18-9-11(10-18)8-14(19)20/h4-7,11H,8-10H2,1-3H3,(H,17,21)(H,19,20). The molecule has 1 aliphatic heterocycles. The van der Waals surface area contributed by atoms with Crippen LogP contribution >= 0.6 is 0 Å². The predicted octanol–water partition coefficient (Wildman–Crippen LogP) is 2.92. The first kappa shape index (κ1) is 15.4. The minimum atomic E-state index is -0.808. The molecule has 5 nitrogen and oxygen atoms in total. The van der Waals surface area contributed by atoms with Crippen LogP contribution in [0.4, 0.5) is 10.5 Å². The van der Waals surface area contributed by atoms with E-state index in [1.54, 1.807) is 4.90 Å². The number of hydrogen-bond acceptors (Lipinski definition) is 2. The van der Waals surface area contributed by atoms with Gasteiger partial charge in [-0.3, -0.25) is 4.79 Å². The fourth-order valence-electron chi connectivity index (χ4n) is 2.37. The molecule has 2 amide bonds. The predicted molar refractivity (Wildman–Crippen MR) is 81.5 cm³/mol. The monoisotopic (exact) mass is 290 g/mol. The Balaban J connectivity index is 1.85. The average molecular weight is 290 g/mol. The van der Waals surface area contributed by atoms with Crippen molar-refractivity contribution in [3.05, 3.63) is 29.8 Å². The largest absolute Gasteiger partial charge is 0.481 e. The van der Waals surface area contributed by atoms with Gasteiger partial charge in [0.1, 0.15) is 0 Å². The lowest BCUT2D eigenvalue weighted by Crippen LogP contribution is -2.52. The molecule has 0 saturated carbocycles. The van der Waals surface area contributed by atoms with Gasteiger partial charge in [-0.25, -0.2) is 4.79 Å². The van der Waals surface area contributed by atoms with E-state index in [1.165, 1.54) is 5.56 Å². The number of likely N-dealkylation sites (tertiary alicyclic amines) is 1. The molecule has 2 N–H and O–H groups in total. The molecule has 1 fully saturated rings. The molecule has 1 aromatic carbocycles. The molecule has 5 heteroatoms. The quantitative estimate of drug-likeness (QED) is 0.899. The van der Waals surface area contributed by atoms with Gasteiger partial charge in [-0.05, 0) is 23.1 Å². The van der Waals surface area contributed by atoms with Crippen LogP contribution in [0.1, 0.15) is 32.8 Å². The summed E-state index contributed by atoms with van der Waals surface area (Å²) in [5.41, 5.74) is 2.06. The number of amides is 2. The summed E-state index contributed by atoms with van der Waals surface area (Å²) in [4.78, 5) is 24.2. The normalized spacial score (nSPS) is 15.5. The summed E-state index contributed by atoms with van der Waals surface area (Å²) in [5, 5.41) is 11.5. The number of hydrogen-bond donors (Lipinski definition) is 2. The third-order valence-electron chi connectivity index (χ3n) is 3.71. The lowest BCUT2D eigenvalue weighted by molar-refractivity contribution is -0.139. The zero-order valence-corrected chi connectivity index (χ0v) is 12.7. The van der Waals surface area contributed by atoms with Gasteiger partial charge in [0.2, 0.25) is 0 Å². The van der Waals surface area contributed by atoms with E-state index < -0.39 is 5.97 Å². The second kappa shape index (κ2) is 5.76. The average Bonchev–Trinajstić information content (AvgIpc) is 2.32. The van der Waals surface area contributed by atoms with Gasteiger partial charge in [-0.2, -0.15) is 0 Å². The molecule has 0 atom stereocenters. The van der Waals surface area contributed by atoms with E-state index in [9.17, 15) is 9.59 Å². The minimum Gasteiger partial charge on any atom is -0.481 e. The number of carboxylic acids is 1. The van der Waals surface area contributed by atoms with Crippen molar-refractivity contribution in [2.24, 2.45) is 5.92 Å². The molecule has 0 unspecified atom stereocenters. The fourth-order valence-corrected chi connectivity index (χ4v) is 2.37. The second-order valence-electron chi connectivity index (χ2n) is 6.63. The van der Waals surface area contributed by atoms with Crippen LogP contribution in [0.15, 0.2) is 24.3 Å². The van der Waals surface area contributed by atoms with Gasteiger partial charge in [-0.1, -0.05) is 32.9 Å². The third-order valence-corrected chi connectivity index (χ3v) is 3.71. The number of carboxylic acid groups (broad SMARTS) is 1. The van der Waals surface area contributed by atoms with Crippen LogP contribution in [0.3, 0.4) is 0 Å². The van der Waals surface area contributed by atoms with E-state index in [0.29, 0.717) is 13.1 Å². The number of anilines is 1. The van der Waals surface area contributed by atoms with Gasteiger partial charge in [-0.15, -0.1) is 0 Å². The van der Waals surface area contributed by atoms with Crippen LogP contribution < -0.4 is 5.32 Å². The van der Waals surface area contributed by atoms with E-state index in [4.69, 9.17) is 5.11 Å². The molecular formula is C16H22N2O3. The highest BCUT2D eigenvalue weighted by Gasteiger charge is 2.32. The van der Waals surface area contributed by atoms with Crippen LogP contribution in [-0.2, 0) is 10.2 Å². The van der Waals surface area contributed by atoms with E-state index in [1.807, 2.05) is 24.3 Å². The van der Waals surface area contributed by atoms with Gasteiger partial charge in [0.05, 0.1) is 6.42 Å². The smallest absolute Gasteiger partial charge is 0.321 e. The number of aliphatic carboxylic acids is 1. The molecule has 0 aromatic heterocycles. The minimum absolute atomic E-state index is 0.0801. The molecule has 114 valence electrons. The Morgan fingerprint density at radius 3 is 2.29 bits per heavy atom. The van der Waals surface area contributed by atoms with E-state index in [0.717, 1.165) is 5.69 Å². The number of carbonyl (C=O) groups is 2. The van der Waals surface area contributed by atoms with Gasteiger partial charge in [0.25, 0.3) is 0 Å². The Morgan fingerprint density at radius 2 is 1.81 bits per heavy atom. The molecule has 0 spiro atoms. The Kier molecular flexibility index (Phi) is 4.21. The molecule has 0 radical (unpaired) electrons. The van der Waals surface area contributed by atoms with Crippen LogP contribution in [0, 0.1) is 5.92 Å². The Labute approximate surface area is 125 Å². The lowest BCUT2D eigenvalue weighted by Gasteiger charge is -2.38. The Morgan fingerprint density at radius 1 is 1.24 bits per heavy atom. The summed E-state index contributed by atoms with van der Waals surface area (Å²) in [7, 11) is 0. The maximum absolute atomic E-state index is 12.0. The number of nitrogens with zero attached hydrogens (tertiary/aromatic N) is 1. The van der Waals surface area contributed by atoms with Crippen molar-refractivity contribution >= 4 is 17.7 Å². The molecular weight excluding hydrogens is 268 g/mol. The SMILES string of the molecule is CC(C)(C)c1ccc(NC(=O)N2CC(CC(=O)O)C2)cc1. The molecule has 1 aliphatic rings. The topological polar surface area (TPSA) is 69.6 Å².